The number of carbonyl (C=O) groups excluding carboxylic acids is 1. The van der Waals surface area contributed by atoms with E-state index in [0.29, 0.717) is 16.1 Å². The van der Waals surface area contributed by atoms with Crippen molar-refractivity contribution in [1.82, 2.24) is 15.0 Å². The molecule has 3 aromatic carbocycles. The van der Waals surface area contributed by atoms with Crippen LogP contribution in [0.15, 0.2) is 82.7 Å². The van der Waals surface area contributed by atoms with Crippen LogP contribution in [0.3, 0.4) is 0 Å². The lowest BCUT2D eigenvalue weighted by Gasteiger charge is -2.15. The van der Waals surface area contributed by atoms with Gasteiger partial charge in [0.05, 0.1) is 29.0 Å². The summed E-state index contributed by atoms with van der Waals surface area (Å²) in [5.74, 6) is -0.245. The van der Waals surface area contributed by atoms with Crippen LogP contribution in [0.1, 0.15) is 16.7 Å². The lowest BCUT2D eigenvalue weighted by atomic mass is 10.1. The molecular weight excluding hydrogens is 422 g/mol. The molecule has 0 radical (unpaired) electrons. The monoisotopic (exact) mass is 445 g/mol. The van der Waals surface area contributed by atoms with Crippen LogP contribution in [0.2, 0.25) is 0 Å². The molecule has 4 rings (SSSR count). The van der Waals surface area contributed by atoms with Crippen molar-refractivity contribution in [1.29, 1.82) is 0 Å². The average Bonchev–Trinajstić information content (AvgIpc) is 2.80. The van der Waals surface area contributed by atoms with Gasteiger partial charge in [0.15, 0.2) is 5.16 Å². The van der Waals surface area contributed by atoms with E-state index >= 15 is 0 Å². The lowest BCUT2D eigenvalue weighted by molar-refractivity contribution is -0.131. The molecule has 7 heteroatoms. The van der Waals surface area contributed by atoms with Gasteiger partial charge in [-0.1, -0.05) is 66.4 Å². The number of benzene rings is 3. The Labute approximate surface area is 190 Å². The maximum atomic E-state index is 13.4. The van der Waals surface area contributed by atoms with E-state index in [1.54, 1.807) is 16.7 Å². The van der Waals surface area contributed by atoms with Crippen LogP contribution in [0.5, 0.6) is 0 Å². The number of carbonyl (C=O) groups is 1. The van der Waals surface area contributed by atoms with Crippen LogP contribution in [-0.4, -0.2) is 21.2 Å². The molecule has 4 aromatic rings. The highest BCUT2D eigenvalue weighted by atomic mass is 32.2. The molecule has 0 atom stereocenters. The highest BCUT2D eigenvalue weighted by Gasteiger charge is 2.16. The van der Waals surface area contributed by atoms with Crippen molar-refractivity contribution in [3.8, 4) is 5.69 Å². The van der Waals surface area contributed by atoms with Crippen molar-refractivity contribution < 1.29 is 9.63 Å². The van der Waals surface area contributed by atoms with E-state index in [9.17, 15) is 9.59 Å². The molecule has 0 aliphatic carbocycles. The quantitative estimate of drug-likeness (QED) is 0.260. The summed E-state index contributed by atoms with van der Waals surface area (Å²) in [6.45, 7) is 4.21. The Morgan fingerprint density at radius 3 is 2.59 bits per heavy atom. The summed E-state index contributed by atoms with van der Waals surface area (Å²) in [7, 11) is 0. The molecule has 0 spiro atoms. The van der Waals surface area contributed by atoms with Gasteiger partial charge >= 0.3 is 0 Å². The SMILES string of the molecule is Cc1ccc(C)c(-n2c(SCC(=O)NOCc3ccccc3)nc3ccccc3c2=O)c1. The zero-order valence-corrected chi connectivity index (χ0v) is 18.7. The van der Waals surface area contributed by atoms with Gasteiger partial charge in [0.2, 0.25) is 0 Å². The maximum Gasteiger partial charge on any atom is 0.266 e. The van der Waals surface area contributed by atoms with E-state index in [1.807, 2.05) is 74.5 Å². The van der Waals surface area contributed by atoms with Crippen LogP contribution >= 0.6 is 11.8 Å². The molecular formula is C25H23N3O3S. The Kier molecular flexibility index (Phi) is 6.68. The van der Waals surface area contributed by atoms with E-state index in [-0.39, 0.29) is 23.8 Å². The molecule has 0 saturated carbocycles. The minimum Gasteiger partial charge on any atom is -0.272 e. The largest absolute Gasteiger partial charge is 0.272 e. The van der Waals surface area contributed by atoms with Crippen LogP contribution < -0.4 is 11.0 Å². The van der Waals surface area contributed by atoms with E-state index in [0.717, 1.165) is 22.4 Å². The minimum atomic E-state index is -0.305. The van der Waals surface area contributed by atoms with Gasteiger partial charge in [-0.05, 0) is 48.7 Å². The third-order valence-electron chi connectivity index (χ3n) is 4.95. The number of nitrogens with one attached hydrogen (secondary N) is 1. The molecule has 0 saturated heterocycles. The number of aromatic nitrogens is 2. The summed E-state index contributed by atoms with van der Waals surface area (Å²) < 4.78 is 1.59. The lowest BCUT2D eigenvalue weighted by Crippen LogP contribution is -2.27. The van der Waals surface area contributed by atoms with Crippen molar-refractivity contribution in [3.63, 3.8) is 0 Å². The van der Waals surface area contributed by atoms with Gasteiger partial charge in [-0.3, -0.25) is 19.0 Å². The number of fused-ring (bicyclic) bond motifs is 1. The van der Waals surface area contributed by atoms with E-state index in [4.69, 9.17) is 4.84 Å². The summed E-state index contributed by atoms with van der Waals surface area (Å²) in [4.78, 5) is 35.7. The van der Waals surface area contributed by atoms with E-state index in [2.05, 4.69) is 10.5 Å². The van der Waals surface area contributed by atoms with Gasteiger partial charge in [0.1, 0.15) is 0 Å². The van der Waals surface area contributed by atoms with Crippen molar-refractivity contribution in [2.24, 2.45) is 0 Å². The first-order valence-electron chi connectivity index (χ1n) is 10.2. The topological polar surface area (TPSA) is 73.2 Å². The molecule has 0 aliphatic rings. The Hall–Kier alpha value is -3.42. The molecule has 6 nitrogen and oxygen atoms in total. The van der Waals surface area contributed by atoms with Gasteiger partial charge in [-0.15, -0.1) is 0 Å². The fourth-order valence-electron chi connectivity index (χ4n) is 3.32. The molecule has 1 N–H and O–H groups in total. The van der Waals surface area contributed by atoms with E-state index in [1.165, 1.54) is 11.8 Å². The Balaban J connectivity index is 1.58. The first kappa shape index (κ1) is 21.8. The number of rotatable bonds is 7. The standard InChI is InChI=1S/C25H23N3O3S/c1-17-12-13-18(2)22(14-17)28-24(30)20-10-6-7-11-21(20)26-25(28)32-16-23(29)27-31-15-19-8-4-3-5-9-19/h3-14H,15-16H2,1-2H3,(H,27,29). The van der Waals surface area contributed by atoms with Gasteiger partial charge in [-0.25, -0.2) is 10.5 Å². The first-order valence-corrected chi connectivity index (χ1v) is 11.2. The molecule has 1 amide bonds. The Morgan fingerprint density at radius 1 is 1.03 bits per heavy atom. The summed E-state index contributed by atoms with van der Waals surface area (Å²) in [5, 5.41) is 0.994. The number of hydrogen-bond acceptors (Lipinski definition) is 5. The predicted octanol–water partition coefficient (Wildman–Crippen LogP) is 4.34. The number of hydroxylamine groups is 1. The predicted molar refractivity (Wildman–Crippen MR) is 127 cm³/mol. The van der Waals surface area contributed by atoms with Crippen molar-refractivity contribution in [2.45, 2.75) is 25.6 Å². The number of para-hydroxylation sites is 1. The fraction of sp³-hybridized carbons (Fsp3) is 0.160. The number of amides is 1. The molecule has 0 fully saturated rings. The summed E-state index contributed by atoms with van der Waals surface area (Å²) in [6, 6.07) is 22.8. The Morgan fingerprint density at radius 2 is 1.78 bits per heavy atom. The third kappa shape index (κ3) is 4.90. The molecule has 1 aromatic heterocycles. The second-order valence-corrected chi connectivity index (χ2v) is 8.37. The molecule has 0 unspecified atom stereocenters. The number of thioether (sulfide) groups is 1. The maximum absolute atomic E-state index is 13.4. The highest BCUT2D eigenvalue weighted by Crippen LogP contribution is 2.23. The first-order chi connectivity index (χ1) is 15.5. The van der Waals surface area contributed by atoms with Gasteiger partial charge in [0.25, 0.3) is 11.5 Å². The third-order valence-corrected chi connectivity index (χ3v) is 5.89. The number of hydrogen-bond donors (Lipinski definition) is 1. The van der Waals surface area contributed by atoms with Crippen molar-refractivity contribution in [3.05, 3.63) is 99.8 Å². The number of aryl methyl sites for hydroxylation is 2. The molecule has 1 heterocycles. The highest BCUT2D eigenvalue weighted by molar-refractivity contribution is 7.99. The van der Waals surface area contributed by atoms with Crippen LogP contribution in [0.25, 0.3) is 16.6 Å². The zero-order chi connectivity index (χ0) is 22.5. The zero-order valence-electron chi connectivity index (χ0n) is 17.9. The normalized spacial score (nSPS) is 10.9. The van der Waals surface area contributed by atoms with E-state index < -0.39 is 0 Å². The summed E-state index contributed by atoms with van der Waals surface area (Å²) in [6.07, 6.45) is 0. The average molecular weight is 446 g/mol. The molecule has 0 bridgehead atoms. The van der Waals surface area contributed by atoms with Gasteiger partial charge < -0.3 is 0 Å². The fourth-order valence-corrected chi connectivity index (χ4v) is 4.11. The second-order valence-electron chi connectivity index (χ2n) is 7.43. The van der Waals surface area contributed by atoms with Crippen LogP contribution in [-0.2, 0) is 16.2 Å². The number of nitrogens with zero attached hydrogens (tertiary/aromatic N) is 2. The van der Waals surface area contributed by atoms with Crippen molar-refractivity contribution in [2.75, 3.05) is 5.75 Å². The minimum absolute atomic E-state index is 0.0600. The molecule has 162 valence electrons. The Bertz CT molecular complexity index is 1320. The van der Waals surface area contributed by atoms with Crippen molar-refractivity contribution >= 4 is 28.6 Å². The van der Waals surface area contributed by atoms with Gasteiger partial charge in [0, 0.05) is 0 Å². The second kappa shape index (κ2) is 9.80. The smallest absolute Gasteiger partial charge is 0.266 e. The molecule has 0 aliphatic heterocycles. The summed E-state index contributed by atoms with van der Waals surface area (Å²) in [5.41, 5.74) is 6.60. The van der Waals surface area contributed by atoms with Gasteiger partial charge in [-0.2, -0.15) is 0 Å². The van der Waals surface area contributed by atoms with Crippen LogP contribution in [0, 0.1) is 13.8 Å². The van der Waals surface area contributed by atoms with Crippen LogP contribution in [0.4, 0.5) is 0 Å². The molecule has 32 heavy (non-hydrogen) atoms. The summed E-state index contributed by atoms with van der Waals surface area (Å²) >= 11 is 1.20.